The SMILES string of the molecule is O=C(Nc1ccc(S(=O)(=O)Nc2ccccc2C(=O)c2ccc(F)cn2)nc1)OCC1CCCO1. The molecule has 1 saturated heterocycles. The third-order valence-corrected chi connectivity index (χ3v) is 6.34. The van der Waals surface area contributed by atoms with Crippen LogP contribution in [0.1, 0.15) is 28.9 Å². The molecule has 1 aliphatic heterocycles. The van der Waals surface area contributed by atoms with Crippen molar-refractivity contribution in [3.63, 3.8) is 0 Å². The lowest BCUT2D eigenvalue weighted by Gasteiger charge is -2.12. The normalized spacial score (nSPS) is 15.4. The van der Waals surface area contributed by atoms with Crippen molar-refractivity contribution >= 4 is 33.3 Å². The summed E-state index contributed by atoms with van der Waals surface area (Å²) in [5.74, 6) is -1.19. The van der Waals surface area contributed by atoms with Crippen LogP contribution in [-0.2, 0) is 19.5 Å². The van der Waals surface area contributed by atoms with Gasteiger partial charge in [0.1, 0.15) is 18.1 Å². The molecule has 0 radical (unpaired) electrons. The number of amides is 1. The molecule has 3 aromatic rings. The Morgan fingerprint density at radius 1 is 1.09 bits per heavy atom. The lowest BCUT2D eigenvalue weighted by Crippen LogP contribution is -2.21. The predicted molar refractivity (Wildman–Crippen MR) is 123 cm³/mol. The first-order valence-electron chi connectivity index (χ1n) is 10.6. The standard InChI is InChI=1S/C23H21FN4O6S/c24-15-7-9-20(25-12-15)22(29)18-5-1-2-6-19(18)28-35(31,32)21-10-8-16(13-26-21)27-23(30)34-14-17-4-3-11-33-17/h1-2,5-10,12-13,17,28H,3-4,11,14H2,(H,27,30). The van der Waals surface area contributed by atoms with Gasteiger partial charge >= 0.3 is 6.09 Å². The molecule has 0 spiro atoms. The van der Waals surface area contributed by atoms with Crippen LogP contribution in [0.4, 0.5) is 20.6 Å². The van der Waals surface area contributed by atoms with Crippen molar-refractivity contribution < 1.29 is 31.9 Å². The van der Waals surface area contributed by atoms with E-state index in [0.29, 0.717) is 6.61 Å². The molecule has 35 heavy (non-hydrogen) atoms. The maximum Gasteiger partial charge on any atom is 0.411 e. The molecule has 2 aromatic heterocycles. The summed E-state index contributed by atoms with van der Waals surface area (Å²) in [6, 6.07) is 10.8. The molecule has 0 bridgehead atoms. The highest BCUT2D eigenvalue weighted by Crippen LogP contribution is 2.22. The molecule has 10 nitrogen and oxygen atoms in total. The van der Waals surface area contributed by atoms with E-state index >= 15 is 0 Å². The summed E-state index contributed by atoms with van der Waals surface area (Å²) in [7, 11) is -4.18. The highest BCUT2D eigenvalue weighted by molar-refractivity contribution is 7.92. The summed E-state index contributed by atoms with van der Waals surface area (Å²) in [6.07, 6.45) is 2.98. The zero-order chi connectivity index (χ0) is 24.8. The van der Waals surface area contributed by atoms with Crippen LogP contribution >= 0.6 is 0 Å². The molecule has 3 heterocycles. The Hall–Kier alpha value is -3.90. The van der Waals surface area contributed by atoms with Gasteiger partial charge in [0.25, 0.3) is 10.0 Å². The number of nitrogens with one attached hydrogen (secondary N) is 2. The van der Waals surface area contributed by atoms with Crippen LogP contribution in [-0.4, -0.2) is 49.6 Å². The van der Waals surface area contributed by atoms with Gasteiger partial charge in [0.2, 0.25) is 5.78 Å². The predicted octanol–water partition coefficient (Wildman–Crippen LogP) is 3.38. The van der Waals surface area contributed by atoms with Crippen LogP contribution in [0, 0.1) is 5.82 Å². The monoisotopic (exact) mass is 500 g/mol. The Balaban J connectivity index is 1.43. The summed E-state index contributed by atoms with van der Waals surface area (Å²) >= 11 is 0. The van der Waals surface area contributed by atoms with E-state index in [-0.39, 0.29) is 40.4 Å². The topological polar surface area (TPSA) is 137 Å². The largest absolute Gasteiger partial charge is 0.447 e. The summed E-state index contributed by atoms with van der Waals surface area (Å²) in [5.41, 5.74) is 0.227. The fraction of sp³-hybridized carbons (Fsp3) is 0.217. The van der Waals surface area contributed by atoms with E-state index < -0.39 is 27.7 Å². The molecular formula is C23H21FN4O6S. The van der Waals surface area contributed by atoms with Crippen LogP contribution in [0.2, 0.25) is 0 Å². The zero-order valence-electron chi connectivity index (χ0n) is 18.3. The van der Waals surface area contributed by atoms with Crippen LogP contribution in [0.25, 0.3) is 0 Å². The fourth-order valence-corrected chi connectivity index (χ4v) is 4.34. The molecule has 1 amide bonds. The van der Waals surface area contributed by atoms with Crippen molar-refractivity contribution in [3.05, 3.63) is 78.0 Å². The minimum atomic E-state index is -4.18. The summed E-state index contributed by atoms with van der Waals surface area (Å²) in [6.45, 7) is 0.770. The number of sulfonamides is 1. The number of hydrogen-bond donors (Lipinski definition) is 2. The number of ketones is 1. The molecule has 1 aliphatic rings. The second kappa shape index (κ2) is 10.6. The zero-order valence-corrected chi connectivity index (χ0v) is 19.1. The summed E-state index contributed by atoms with van der Waals surface area (Å²) in [4.78, 5) is 32.4. The first kappa shape index (κ1) is 24.2. The number of halogens is 1. The molecule has 12 heteroatoms. The number of rotatable bonds is 8. The van der Waals surface area contributed by atoms with Crippen LogP contribution in [0.5, 0.6) is 0 Å². The van der Waals surface area contributed by atoms with Crippen molar-refractivity contribution in [1.82, 2.24) is 9.97 Å². The second-order valence-electron chi connectivity index (χ2n) is 7.59. The van der Waals surface area contributed by atoms with Crippen LogP contribution in [0.15, 0.2) is 66.0 Å². The maximum absolute atomic E-state index is 13.1. The van der Waals surface area contributed by atoms with Crippen molar-refractivity contribution in [2.24, 2.45) is 0 Å². The minimum Gasteiger partial charge on any atom is -0.447 e. The first-order valence-corrected chi connectivity index (χ1v) is 12.1. The molecule has 0 aliphatic carbocycles. The van der Waals surface area contributed by atoms with Gasteiger partial charge in [-0.2, -0.15) is 8.42 Å². The minimum absolute atomic E-state index is 0.00494. The molecule has 182 valence electrons. The number of hydrogen-bond acceptors (Lipinski definition) is 8. The third-order valence-electron chi connectivity index (χ3n) is 5.06. The Morgan fingerprint density at radius 2 is 1.91 bits per heavy atom. The van der Waals surface area contributed by atoms with E-state index in [1.165, 1.54) is 36.5 Å². The van der Waals surface area contributed by atoms with Crippen LogP contribution in [0.3, 0.4) is 0 Å². The number of aromatic nitrogens is 2. The quantitative estimate of drug-likeness (QED) is 0.449. The number of para-hydroxylation sites is 1. The number of carbonyl (C=O) groups excluding carboxylic acids is 2. The lowest BCUT2D eigenvalue weighted by molar-refractivity contribution is 0.0484. The van der Waals surface area contributed by atoms with Gasteiger partial charge in [-0.15, -0.1) is 0 Å². The molecule has 1 unspecified atom stereocenters. The van der Waals surface area contributed by atoms with Crippen molar-refractivity contribution in [3.8, 4) is 0 Å². The molecule has 2 N–H and O–H groups in total. The summed E-state index contributed by atoms with van der Waals surface area (Å²) in [5, 5.41) is 2.13. The Morgan fingerprint density at radius 3 is 2.60 bits per heavy atom. The first-order chi connectivity index (χ1) is 16.8. The number of carbonyl (C=O) groups is 2. The van der Waals surface area contributed by atoms with E-state index in [9.17, 15) is 22.4 Å². The number of pyridine rings is 2. The Labute approximate surface area is 200 Å². The van der Waals surface area contributed by atoms with Gasteiger partial charge in [0, 0.05) is 12.2 Å². The maximum atomic E-state index is 13.1. The smallest absolute Gasteiger partial charge is 0.411 e. The Bertz CT molecular complexity index is 1310. The number of nitrogens with zero attached hydrogens (tertiary/aromatic N) is 2. The van der Waals surface area contributed by atoms with Gasteiger partial charge < -0.3 is 9.47 Å². The van der Waals surface area contributed by atoms with Gasteiger partial charge in [-0.1, -0.05) is 12.1 Å². The molecule has 1 atom stereocenters. The van der Waals surface area contributed by atoms with Gasteiger partial charge in [-0.25, -0.2) is 19.2 Å². The van der Waals surface area contributed by atoms with Gasteiger partial charge in [-0.3, -0.25) is 14.8 Å². The van der Waals surface area contributed by atoms with E-state index in [1.54, 1.807) is 12.1 Å². The highest BCUT2D eigenvalue weighted by Gasteiger charge is 2.22. The molecule has 1 fully saturated rings. The van der Waals surface area contributed by atoms with Crippen LogP contribution < -0.4 is 10.0 Å². The molecular weight excluding hydrogens is 479 g/mol. The number of benzene rings is 1. The number of ether oxygens (including phenoxy) is 2. The van der Waals surface area contributed by atoms with Crippen molar-refractivity contribution in [1.29, 1.82) is 0 Å². The average Bonchev–Trinajstić information content (AvgIpc) is 3.37. The Kier molecular flexibility index (Phi) is 7.32. The van der Waals surface area contributed by atoms with Crippen molar-refractivity contribution in [2.45, 2.75) is 24.0 Å². The molecule has 4 rings (SSSR count). The lowest BCUT2D eigenvalue weighted by atomic mass is 10.1. The third kappa shape index (κ3) is 6.16. The van der Waals surface area contributed by atoms with E-state index in [1.807, 2.05) is 0 Å². The van der Waals surface area contributed by atoms with E-state index in [2.05, 4.69) is 20.0 Å². The average molecular weight is 501 g/mol. The summed E-state index contributed by atoms with van der Waals surface area (Å²) < 4.78 is 51.7. The molecule has 0 saturated carbocycles. The van der Waals surface area contributed by atoms with E-state index in [4.69, 9.17) is 9.47 Å². The second-order valence-corrected chi connectivity index (χ2v) is 9.21. The fourth-order valence-electron chi connectivity index (χ4n) is 3.33. The number of anilines is 2. The van der Waals surface area contributed by atoms with Crippen molar-refractivity contribution in [2.75, 3.05) is 23.3 Å². The highest BCUT2D eigenvalue weighted by atomic mass is 32.2. The molecule has 1 aromatic carbocycles. The van der Waals surface area contributed by atoms with Gasteiger partial charge in [0.05, 0.1) is 29.9 Å². The van der Waals surface area contributed by atoms with Gasteiger partial charge in [-0.05, 0) is 49.2 Å². The van der Waals surface area contributed by atoms with E-state index in [0.717, 1.165) is 25.1 Å². The van der Waals surface area contributed by atoms with Gasteiger partial charge in [0.15, 0.2) is 5.03 Å².